The smallest absolute Gasteiger partial charge is 0.330 e. The minimum absolute atomic E-state index is 0.195. The van der Waals surface area contributed by atoms with E-state index in [1.165, 1.54) is 7.11 Å². The SMILES string of the molecule is CCCC(CN)C(=O)NC(C)(C)C(=O)OC. The lowest BCUT2D eigenvalue weighted by Crippen LogP contribution is -2.52. The van der Waals surface area contributed by atoms with Gasteiger partial charge < -0.3 is 15.8 Å². The summed E-state index contributed by atoms with van der Waals surface area (Å²) in [5.74, 6) is -0.901. The first-order valence-electron chi connectivity index (χ1n) is 5.49. The van der Waals surface area contributed by atoms with E-state index in [0.717, 1.165) is 12.8 Å². The number of ether oxygens (including phenoxy) is 1. The van der Waals surface area contributed by atoms with Crippen LogP contribution in [0.25, 0.3) is 0 Å². The number of nitrogens with two attached hydrogens (primary N) is 1. The summed E-state index contributed by atoms with van der Waals surface area (Å²) in [6.07, 6.45) is 1.60. The van der Waals surface area contributed by atoms with E-state index in [2.05, 4.69) is 10.1 Å². The third-order valence-electron chi connectivity index (χ3n) is 2.42. The predicted molar refractivity (Wildman–Crippen MR) is 61.7 cm³/mol. The monoisotopic (exact) mass is 230 g/mol. The van der Waals surface area contributed by atoms with Gasteiger partial charge in [0.25, 0.3) is 0 Å². The summed E-state index contributed by atoms with van der Waals surface area (Å²) in [6.45, 7) is 5.49. The standard InChI is InChI=1S/C11H22N2O3/c1-5-6-8(7-12)9(14)13-11(2,3)10(15)16-4/h8H,5-7,12H2,1-4H3,(H,13,14). The molecule has 94 valence electrons. The Morgan fingerprint density at radius 1 is 1.44 bits per heavy atom. The normalized spacial score (nSPS) is 13.1. The van der Waals surface area contributed by atoms with Crippen LogP contribution in [0.4, 0.5) is 0 Å². The second-order valence-corrected chi connectivity index (χ2v) is 4.33. The van der Waals surface area contributed by atoms with Crippen molar-refractivity contribution in [1.82, 2.24) is 5.32 Å². The number of hydrogen-bond acceptors (Lipinski definition) is 4. The van der Waals surface area contributed by atoms with Gasteiger partial charge in [-0.1, -0.05) is 13.3 Å². The topological polar surface area (TPSA) is 81.4 Å². The van der Waals surface area contributed by atoms with Gasteiger partial charge in [-0.05, 0) is 20.3 Å². The van der Waals surface area contributed by atoms with E-state index in [9.17, 15) is 9.59 Å². The van der Waals surface area contributed by atoms with Crippen LogP contribution in [-0.4, -0.2) is 31.1 Å². The van der Waals surface area contributed by atoms with Crippen LogP contribution in [0.3, 0.4) is 0 Å². The van der Waals surface area contributed by atoms with Gasteiger partial charge in [0.2, 0.25) is 5.91 Å². The van der Waals surface area contributed by atoms with E-state index in [-0.39, 0.29) is 18.4 Å². The van der Waals surface area contributed by atoms with Crippen molar-refractivity contribution >= 4 is 11.9 Å². The van der Waals surface area contributed by atoms with Gasteiger partial charge in [-0.15, -0.1) is 0 Å². The summed E-state index contributed by atoms with van der Waals surface area (Å²) in [4.78, 5) is 23.2. The van der Waals surface area contributed by atoms with Crippen LogP contribution < -0.4 is 11.1 Å². The first-order chi connectivity index (χ1) is 7.38. The van der Waals surface area contributed by atoms with Crippen molar-refractivity contribution < 1.29 is 14.3 Å². The molecule has 0 bridgehead atoms. The fourth-order valence-corrected chi connectivity index (χ4v) is 1.42. The molecule has 16 heavy (non-hydrogen) atoms. The largest absolute Gasteiger partial charge is 0.467 e. The van der Waals surface area contributed by atoms with Gasteiger partial charge in [-0.3, -0.25) is 4.79 Å². The van der Waals surface area contributed by atoms with Gasteiger partial charge in [0.1, 0.15) is 5.54 Å². The molecule has 1 unspecified atom stereocenters. The average molecular weight is 230 g/mol. The molecule has 0 aromatic carbocycles. The van der Waals surface area contributed by atoms with Gasteiger partial charge in [0, 0.05) is 6.54 Å². The van der Waals surface area contributed by atoms with E-state index < -0.39 is 11.5 Å². The summed E-state index contributed by atoms with van der Waals surface area (Å²) in [5.41, 5.74) is 4.50. The highest BCUT2D eigenvalue weighted by Crippen LogP contribution is 2.10. The molecule has 5 heteroatoms. The van der Waals surface area contributed by atoms with Crippen molar-refractivity contribution in [2.75, 3.05) is 13.7 Å². The molecule has 0 rings (SSSR count). The van der Waals surface area contributed by atoms with Crippen molar-refractivity contribution in [3.63, 3.8) is 0 Å². The lowest BCUT2D eigenvalue weighted by Gasteiger charge is -2.25. The Balaban J connectivity index is 4.47. The van der Waals surface area contributed by atoms with Crippen LogP contribution in [0.2, 0.25) is 0 Å². The number of methoxy groups -OCH3 is 1. The third kappa shape index (κ3) is 4.18. The molecule has 0 saturated heterocycles. The molecule has 0 aromatic rings. The zero-order valence-electron chi connectivity index (χ0n) is 10.5. The average Bonchev–Trinajstić information content (AvgIpc) is 2.23. The number of rotatable bonds is 6. The van der Waals surface area contributed by atoms with Crippen LogP contribution in [0.5, 0.6) is 0 Å². The Labute approximate surface area is 96.7 Å². The first-order valence-corrected chi connectivity index (χ1v) is 5.49. The van der Waals surface area contributed by atoms with Crippen LogP contribution in [0.1, 0.15) is 33.6 Å². The van der Waals surface area contributed by atoms with Crippen molar-refractivity contribution in [2.24, 2.45) is 11.7 Å². The molecule has 3 N–H and O–H groups in total. The van der Waals surface area contributed by atoms with Gasteiger partial charge in [0.15, 0.2) is 0 Å². The predicted octanol–water partition coefficient (Wildman–Crippen LogP) is 0.429. The lowest BCUT2D eigenvalue weighted by atomic mass is 9.99. The Bertz CT molecular complexity index is 252. The molecule has 0 aliphatic carbocycles. The van der Waals surface area contributed by atoms with Crippen molar-refractivity contribution in [1.29, 1.82) is 0 Å². The summed E-state index contributed by atoms with van der Waals surface area (Å²) < 4.78 is 4.60. The molecule has 5 nitrogen and oxygen atoms in total. The number of hydrogen-bond donors (Lipinski definition) is 2. The number of carbonyl (C=O) groups excluding carboxylic acids is 2. The fraction of sp³-hybridized carbons (Fsp3) is 0.818. The highest BCUT2D eigenvalue weighted by molar-refractivity contribution is 5.88. The van der Waals surface area contributed by atoms with E-state index in [0.29, 0.717) is 0 Å². The van der Waals surface area contributed by atoms with Crippen LogP contribution in [0, 0.1) is 5.92 Å². The van der Waals surface area contributed by atoms with E-state index in [4.69, 9.17) is 5.73 Å². The zero-order chi connectivity index (χ0) is 12.8. The van der Waals surface area contributed by atoms with E-state index in [1.807, 2.05) is 6.92 Å². The minimum atomic E-state index is -1.01. The summed E-state index contributed by atoms with van der Waals surface area (Å²) in [5, 5.41) is 2.65. The maximum absolute atomic E-state index is 11.8. The molecular weight excluding hydrogens is 208 g/mol. The van der Waals surface area contributed by atoms with E-state index in [1.54, 1.807) is 13.8 Å². The Morgan fingerprint density at radius 2 is 2.00 bits per heavy atom. The second-order valence-electron chi connectivity index (χ2n) is 4.33. The van der Waals surface area contributed by atoms with Gasteiger partial charge in [-0.2, -0.15) is 0 Å². The van der Waals surface area contributed by atoms with Crippen molar-refractivity contribution in [3.05, 3.63) is 0 Å². The summed E-state index contributed by atoms with van der Waals surface area (Å²) >= 11 is 0. The van der Waals surface area contributed by atoms with E-state index >= 15 is 0 Å². The molecule has 0 saturated carbocycles. The maximum atomic E-state index is 11.8. The molecule has 0 radical (unpaired) electrons. The molecule has 0 aliphatic heterocycles. The molecular formula is C11H22N2O3. The molecule has 0 spiro atoms. The number of amides is 1. The Hall–Kier alpha value is -1.10. The third-order valence-corrected chi connectivity index (χ3v) is 2.42. The molecule has 1 amide bonds. The Kier molecular flexibility index (Phi) is 6.03. The summed E-state index contributed by atoms with van der Waals surface area (Å²) in [6, 6.07) is 0. The molecule has 0 fully saturated rings. The van der Waals surface area contributed by atoms with Gasteiger partial charge in [-0.25, -0.2) is 4.79 Å². The van der Waals surface area contributed by atoms with Crippen LogP contribution in [-0.2, 0) is 14.3 Å². The summed E-state index contributed by atoms with van der Waals surface area (Å²) in [7, 11) is 1.29. The first kappa shape index (κ1) is 14.9. The molecule has 0 aliphatic rings. The van der Waals surface area contributed by atoms with Gasteiger partial charge >= 0.3 is 5.97 Å². The Morgan fingerprint density at radius 3 is 2.38 bits per heavy atom. The zero-order valence-corrected chi connectivity index (χ0v) is 10.5. The van der Waals surface area contributed by atoms with Crippen molar-refractivity contribution in [2.45, 2.75) is 39.2 Å². The highest BCUT2D eigenvalue weighted by atomic mass is 16.5. The number of carbonyl (C=O) groups is 2. The molecule has 0 aromatic heterocycles. The van der Waals surface area contributed by atoms with Crippen molar-refractivity contribution in [3.8, 4) is 0 Å². The number of esters is 1. The molecule has 1 atom stereocenters. The highest BCUT2D eigenvalue weighted by Gasteiger charge is 2.32. The van der Waals surface area contributed by atoms with Crippen LogP contribution >= 0.6 is 0 Å². The minimum Gasteiger partial charge on any atom is -0.467 e. The quantitative estimate of drug-likeness (QED) is 0.648. The van der Waals surface area contributed by atoms with Crippen LogP contribution in [0.15, 0.2) is 0 Å². The maximum Gasteiger partial charge on any atom is 0.330 e. The molecule has 0 heterocycles. The van der Waals surface area contributed by atoms with Gasteiger partial charge in [0.05, 0.1) is 13.0 Å². The number of nitrogens with one attached hydrogen (secondary N) is 1. The lowest BCUT2D eigenvalue weighted by molar-refractivity contribution is -0.149. The second kappa shape index (κ2) is 6.48. The fourth-order valence-electron chi connectivity index (χ4n) is 1.42.